The van der Waals surface area contributed by atoms with E-state index < -0.39 is 0 Å². The zero-order valence-electron chi connectivity index (χ0n) is 15.5. The fourth-order valence-electron chi connectivity index (χ4n) is 3.52. The number of carbonyl (C=O) groups excluding carboxylic acids is 1. The monoisotopic (exact) mass is 362 g/mol. The van der Waals surface area contributed by atoms with Gasteiger partial charge in [-0.15, -0.1) is 0 Å². The number of fused-ring (bicyclic) bond motifs is 2. The molecular formula is C21H22N4O2. The number of aryl methyl sites for hydroxylation is 1. The molecule has 2 aromatic heterocycles. The Kier molecular flexibility index (Phi) is 4.49. The molecule has 2 N–H and O–H groups in total. The minimum Gasteiger partial charge on any atom is -0.346 e. The Morgan fingerprint density at radius 2 is 2.15 bits per heavy atom. The van der Waals surface area contributed by atoms with E-state index in [9.17, 15) is 9.59 Å². The van der Waals surface area contributed by atoms with E-state index in [-0.39, 0.29) is 18.0 Å². The van der Waals surface area contributed by atoms with Crippen LogP contribution in [0.3, 0.4) is 0 Å². The van der Waals surface area contributed by atoms with Crippen LogP contribution in [-0.4, -0.2) is 34.4 Å². The number of benzene rings is 1. The van der Waals surface area contributed by atoms with Crippen LogP contribution in [-0.2, 0) is 19.5 Å². The minimum absolute atomic E-state index is 0.138. The van der Waals surface area contributed by atoms with Gasteiger partial charge in [0.15, 0.2) is 0 Å². The largest absolute Gasteiger partial charge is 0.346 e. The third-order valence-electron chi connectivity index (χ3n) is 5.07. The Morgan fingerprint density at radius 1 is 1.30 bits per heavy atom. The maximum atomic E-state index is 12.5. The van der Waals surface area contributed by atoms with E-state index in [1.54, 1.807) is 6.07 Å². The van der Waals surface area contributed by atoms with Gasteiger partial charge in [0.2, 0.25) is 0 Å². The topological polar surface area (TPSA) is 78.1 Å². The fourth-order valence-corrected chi connectivity index (χ4v) is 3.52. The third kappa shape index (κ3) is 3.48. The van der Waals surface area contributed by atoms with Crippen molar-refractivity contribution in [3.63, 3.8) is 0 Å². The number of rotatable bonds is 3. The molecule has 1 aliphatic rings. The summed E-state index contributed by atoms with van der Waals surface area (Å²) in [7, 11) is 2.06. The van der Waals surface area contributed by atoms with Crippen molar-refractivity contribution >= 4 is 16.8 Å². The molecule has 1 amide bonds. The van der Waals surface area contributed by atoms with Gasteiger partial charge in [-0.1, -0.05) is 24.3 Å². The number of aromatic nitrogens is 2. The van der Waals surface area contributed by atoms with E-state index in [0.29, 0.717) is 11.3 Å². The molecule has 3 heterocycles. The van der Waals surface area contributed by atoms with Crippen LogP contribution in [0.25, 0.3) is 10.9 Å². The number of amides is 1. The summed E-state index contributed by atoms with van der Waals surface area (Å²) in [6.07, 6.45) is 0.841. The van der Waals surface area contributed by atoms with Crippen molar-refractivity contribution in [2.24, 2.45) is 0 Å². The second-order valence-electron chi connectivity index (χ2n) is 7.14. The molecule has 0 radical (unpaired) electrons. The summed E-state index contributed by atoms with van der Waals surface area (Å²) in [4.78, 5) is 34.5. The van der Waals surface area contributed by atoms with E-state index in [0.717, 1.165) is 47.2 Å². The molecule has 0 spiro atoms. The van der Waals surface area contributed by atoms with Crippen molar-refractivity contribution in [2.45, 2.75) is 26.4 Å². The van der Waals surface area contributed by atoms with Gasteiger partial charge in [-0.25, -0.2) is 4.98 Å². The first kappa shape index (κ1) is 17.4. The highest BCUT2D eigenvalue weighted by atomic mass is 16.2. The molecule has 4 rings (SSSR count). The molecule has 138 valence electrons. The highest BCUT2D eigenvalue weighted by Gasteiger charge is 2.16. The molecule has 1 aliphatic heterocycles. The molecule has 0 saturated heterocycles. The van der Waals surface area contributed by atoms with Gasteiger partial charge in [-0.3, -0.25) is 9.59 Å². The van der Waals surface area contributed by atoms with Crippen LogP contribution in [0.2, 0.25) is 0 Å². The SMILES string of the molecule is Cc1cccc2ccc(C(=O)NCc3cc4c([nH]c3=O)CCN(C)C4)nc12. The van der Waals surface area contributed by atoms with Crippen LogP contribution in [0.4, 0.5) is 0 Å². The number of hydrogen-bond donors (Lipinski definition) is 2. The second kappa shape index (κ2) is 6.96. The first-order valence-corrected chi connectivity index (χ1v) is 9.08. The number of H-pyrrole nitrogens is 1. The number of aromatic amines is 1. The standard InChI is InChI=1S/C21H22N4O2/c1-13-4-3-5-14-6-7-18(23-19(13)14)21(27)22-11-15-10-16-12-25(2)9-8-17(16)24-20(15)26/h3-7,10H,8-9,11-12H2,1-2H3,(H,22,27)(H,24,26). The highest BCUT2D eigenvalue weighted by molar-refractivity contribution is 5.95. The normalized spacial score (nSPS) is 14.1. The smallest absolute Gasteiger partial charge is 0.270 e. The Balaban J connectivity index is 1.54. The third-order valence-corrected chi connectivity index (χ3v) is 5.07. The first-order valence-electron chi connectivity index (χ1n) is 9.08. The van der Waals surface area contributed by atoms with Gasteiger partial charge < -0.3 is 15.2 Å². The number of carbonyl (C=O) groups is 1. The average molecular weight is 362 g/mol. The molecule has 0 atom stereocenters. The van der Waals surface area contributed by atoms with Crippen LogP contribution in [0.5, 0.6) is 0 Å². The lowest BCUT2D eigenvalue weighted by Gasteiger charge is -2.24. The number of pyridine rings is 2. The summed E-state index contributed by atoms with van der Waals surface area (Å²) in [5.74, 6) is -0.283. The molecule has 27 heavy (non-hydrogen) atoms. The lowest BCUT2D eigenvalue weighted by Crippen LogP contribution is -2.32. The summed E-state index contributed by atoms with van der Waals surface area (Å²) >= 11 is 0. The Hall–Kier alpha value is -2.99. The van der Waals surface area contributed by atoms with Crippen molar-refractivity contribution in [3.8, 4) is 0 Å². The van der Waals surface area contributed by atoms with E-state index in [1.165, 1.54) is 0 Å². The van der Waals surface area contributed by atoms with Crippen molar-refractivity contribution in [3.05, 3.63) is 74.8 Å². The van der Waals surface area contributed by atoms with E-state index in [1.807, 2.05) is 37.3 Å². The van der Waals surface area contributed by atoms with Crippen LogP contribution in [0, 0.1) is 6.92 Å². The molecule has 0 fully saturated rings. The zero-order valence-corrected chi connectivity index (χ0v) is 15.5. The van der Waals surface area contributed by atoms with Gasteiger partial charge in [0.1, 0.15) is 5.69 Å². The van der Waals surface area contributed by atoms with Gasteiger partial charge in [-0.05, 0) is 37.2 Å². The number of nitrogens with one attached hydrogen (secondary N) is 2. The summed E-state index contributed by atoms with van der Waals surface area (Å²) in [5.41, 5.74) is 4.74. The molecular weight excluding hydrogens is 340 g/mol. The Bertz CT molecular complexity index is 1090. The second-order valence-corrected chi connectivity index (χ2v) is 7.14. The van der Waals surface area contributed by atoms with Crippen LogP contribution in [0.15, 0.2) is 41.2 Å². The molecule has 0 unspecified atom stereocenters. The van der Waals surface area contributed by atoms with E-state index in [4.69, 9.17) is 0 Å². The number of para-hydroxylation sites is 1. The molecule has 6 nitrogen and oxygen atoms in total. The summed E-state index contributed by atoms with van der Waals surface area (Å²) in [5, 5.41) is 3.82. The van der Waals surface area contributed by atoms with Gasteiger partial charge in [0.05, 0.1) is 5.52 Å². The summed E-state index contributed by atoms with van der Waals surface area (Å²) < 4.78 is 0. The molecule has 1 aromatic carbocycles. The maximum absolute atomic E-state index is 12.5. The lowest BCUT2D eigenvalue weighted by molar-refractivity contribution is 0.0946. The summed E-state index contributed by atoms with van der Waals surface area (Å²) in [6.45, 7) is 3.89. The Morgan fingerprint density at radius 3 is 3.00 bits per heavy atom. The molecule has 0 bridgehead atoms. The molecule has 6 heteroatoms. The number of nitrogens with zero attached hydrogens (tertiary/aromatic N) is 2. The molecule has 0 saturated carbocycles. The van der Waals surface area contributed by atoms with Gasteiger partial charge in [0.25, 0.3) is 11.5 Å². The van der Waals surface area contributed by atoms with Gasteiger partial charge >= 0.3 is 0 Å². The van der Waals surface area contributed by atoms with E-state index in [2.05, 4.69) is 27.2 Å². The van der Waals surface area contributed by atoms with Crippen LogP contribution < -0.4 is 10.9 Å². The Labute approximate surface area is 157 Å². The number of hydrogen-bond acceptors (Lipinski definition) is 4. The minimum atomic E-state index is -0.283. The van der Waals surface area contributed by atoms with Crippen molar-refractivity contribution < 1.29 is 4.79 Å². The van der Waals surface area contributed by atoms with Gasteiger partial charge in [-0.2, -0.15) is 0 Å². The molecule has 3 aromatic rings. The fraction of sp³-hybridized carbons (Fsp3) is 0.286. The lowest BCUT2D eigenvalue weighted by atomic mass is 10.0. The average Bonchev–Trinajstić information content (AvgIpc) is 2.66. The van der Waals surface area contributed by atoms with Crippen LogP contribution in [0.1, 0.15) is 32.9 Å². The van der Waals surface area contributed by atoms with Gasteiger partial charge in [0, 0.05) is 42.7 Å². The highest BCUT2D eigenvalue weighted by Crippen LogP contribution is 2.17. The first-order chi connectivity index (χ1) is 13.0. The van der Waals surface area contributed by atoms with Crippen LogP contribution >= 0.6 is 0 Å². The van der Waals surface area contributed by atoms with Crippen molar-refractivity contribution in [1.82, 2.24) is 20.2 Å². The predicted octanol–water partition coefficient (Wildman–Crippen LogP) is 2.15. The van der Waals surface area contributed by atoms with E-state index >= 15 is 0 Å². The number of likely N-dealkylation sites (N-methyl/N-ethyl adjacent to an activating group) is 1. The maximum Gasteiger partial charge on any atom is 0.270 e. The van der Waals surface area contributed by atoms with Crippen molar-refractivity contribution in [1.29, 1.82) is 0 Å². The quantitative estimate of drug-likeness (QED) is 0.748. The molecule has 0 aliphatic carbocycles. The zero-order chi connectivity index (χ0) is 19.0. The van der Waals surface area contributed by atoms with Crippen molar-refractivity contribution in [2.75, 3.05) is 13.6 Å². The summed E-state index contributed by atoms with van der Waals surface area (Å²) in [6, 6.07) is 11.4. The predicted molar refractivity (Wildman–Crippen MR) is 105 cm³/mol.